The molecule has 1 heterocycles. The van der Waals surface area contributed by atoms with E-state index in [9.17, 15) is 18.0 Å². The zero-order valence-corrected chi connectivity index (χ0v) is 13.6. The van der Waals surface area contributed by atoms with Gasteiger partial charge in [0.15, 0.2) is 17.5 Å². The van der Waals surface area contributed by atoms with Crippen LogP contribution in [0.5, 0.6) is 0 Å². The Kier molecular flexibility index (Phi) is 5.82. The third kappa shape index (κ3) is 4.19. The van der Waals surface area contributed by atoms with Gasteiger partial charge >= 0.3 is 0 Å². The molecule has 0 atom stereocenters. The van der Waals surface area contributed by atoms with Crippen molar-refractivity contribution in [2.24, 2.45) is 0 Å². The Balaban J connectivity index is 2.45. The van der Waals surface area contributed by atoms with E-state index in [0.717, 1.165) is 5.56 Å². The maximum atomic E-state index is 14.2. The van der Waals surface area contributed by atoms with Gasteiger partial charge in [0.1, 0.15) is 13.7 Å². The molecule has 5 nitrogen and oxygen atoms in total. The third-order valence-electron chi connectivity index (χ3n) is 3.23. The Hall–Kier alpha value is -2.81. The van der Waals surface area contributed by atoms with Crippen LogP contribution in [0.2, 0.25) is 0 Å². The highest BCUT2D eigenvalue weighted by atomic mass is 19.2. The number of aryl methyl sites for hydroxylation is 1. The van der Waals surface area contributed by atoms with Gasteiger partial charge in [-0.25, -0.2) is 23.6 Å². The number of pyridine rings is 1. The number of aromatic nitrogens is 1. The molecule has 1 aromatic heterocycles. The highest BCUT2D eigenvalue weighted by Gasteiger charge is 2.23. The van der Waals surface area contributed by atoms with Crippen LogP contribution >= 0.6 is 0 Å². The van der Waals surface area contributed by atoms with Crippen molar-refractivity contribution in [3.63, 3.8) is 0 Å². The van der Waals surface area contributed by atoms with Gasteiger partial charge in [-0.05, 0) is 24.0 Å². The molecule has 0 aliphatic rings. The fourth-order valence-corrected chi connectivity index (χ4v) is 2.08. The first kappa shape index (κ1) is 18.5. The topological polar surface area (TPSA) is 63.2 Å². The van der Waals surface area contributed by atoms with Crippen molar-refractivity contribution >= 4 is 30.7 Å². The van der Waals surface area contributed by atoms with Crippen molar-refractivity contribution in [2.45, 2.75) is 6.92 Å². The van der Waals surface area contributed by atoms with E-state index in [1.807, 2.05) is 12.4 Å². The van der Waals surface area contributed by atoms with Crippen LogP contribution in [0.15, 0.2) is 31.0 Å². The summed E-state index contributed by atoms with van der Waals surface area (Å²) in [5.41, 5.74) is 2.49. The molecule has 25 heavy (non-hydrogen) atoms. The molecule has 1 amide bonds. The van der Waals surface area contributed by atoms with Gasteiger partial charge in [-0.2, -0.15) is 0 Å². The monoisotopic (exact) mass is 349 g/mol. The lowest BCUT2D eigenvalue weighted by Crippen LogP contribution is -2.26. The van der Waals surface area contributed by atoms with Gasteiger partial charge in [-0.15, -0.1) is 6.58 Å². The second-order valence-corrected chi connectivity index (χ2v) is 5.24. The summed E-state index contributed by atoms with van der Waals surface area (Å²) >= 11 is 0. The summed E-state index contributed by atoms with van der Waals surface area (Å²) in [5.74, 6) is -5.47. The average Bonchev–Trinajstić information content (AvgIpc) is 2.57. The predicted molar refractivity (Wildman–Crippen MR) is 90.4 cm³/mol. The van der Waals surface area contributed by atoms with Crippen molar-refractivity contribution in [1.82, 2.24) is 10.5 Å². The zero-order valence-electron chi connectivity index (χ0n) is 13.6. The summed E-state index contributed by atoms with van der Waals surface area (Å²) in [6.07, 6.45) is 2.88. The van der Waals surface area contributed by atoms with E-state index in [-0.39, 0.29) is 12.4 Å². The highest BCUT2D eigenvalue weighted by Crippen LogP contribution is 2.27. The molecule has 2 aromatic rings. The van der Waals surface area contributed by atoms with Crippen LogP contribution in [0.4, 0.5) is 24.7 Å². The van der Waals surface area contributed by atoms with Gasteiger partial charge in [0.05, 0.1) is 17.9 Å². The van der Waals surface area contributed by atoms with Crippen molar-refractivity contribution < 1.29 is 22.8 Å². The van der Waals surface area contributed by atoms with E-state index in [4.69, 9.17) is 4.84 Å². The number of amides is 1. The number of hydrogen-bond donors (Lipinski definition) is 2. The lowest BCUT2D eigenvalue weighted by atomic mass is 9.95. The molecule has 0 bridgehead atoms. The molecule has 0 radical (unpaired) electrons. The van der Waals surface area contributed by atoms with Crippen LogP contribution in [0.3, 0.4) is 0 Å². The number of rotatable bonds is 6. The lowest BCUT2D eigenvalue weighted by Gasteiger charge is -2.15. The molecular formula is C16H15BF3N3O2. The molecule has 0 saturated heterocycles. The fraction of sp³-hybridized carbons (Fsp3) is 0.125. The molecule has 0 saturated carbocycles. The van der Waals surface area contributed by atoms with Crippen LogP contribution in [-0.4, -0.2) is 25.3 Å². The van der Waals surface area contributed by atoms with Gasteiger partial charge in [0.2, 0.25) is 0 Å². The molecule has 0 unspecified atom stereocenters. The van der Waals surface area contributed by atoms with Crippen LogP contribution < -0.4 is 16.3 Å². The summed E-state index contributed by atoms with van der Waals surface area (Å²) in [4.78, 5) is 20.9. The number of hydrogen-bond acceptors (Lipinski definition) is 4. The van der Waals surface area contributed by atoms with E-state index < -0.39 is 34.6 Å². The number of carbonyl (C=O) groups is 1. The number of benzene rings is 1. The fourth-order valence-electron chi connectivity index (χ4n) is 2.08. The predicted octanol–water partition coefficient (Wildman–Crippen LogP) is 1.66. The minimum atomic E-state index is -1.70. The number of nitrogens with one attached hydrogen (secondary N) is 2. The largest absolute Gasteiger partial charge is 0.338 e. The van der Waals surface area contributed by atoms with Crippen LogP contribution in [-0.2, 0) is 4.84 Å². The van der Waals surface area contributed by atoms with E-state index in [1.165, 1.54) is 12.3 Å². The molecule has 0 aliphatic carbocycles. The van der Waals surface area contributed by atoms with E-state index >= 15 is 0 Å². The van der Waals surface area contributed by atoms with Crippen LogP contribution in [0.1, 0.15) is 15.9 Å². The molecule has 0 aliphatic heterocycles. The molecular weight excluding hydrogens is 334 g/mol. The Morgan fingerprint density at radius 2 is 2.08 bits per heavy atom. The molecule has 9 heteroatoms. The molecule has 2 N–H and O–H groups in total. The smallest absolute Gasteiger partial charge is 0.277 e. The molecule has 2 rings (SSSR count). The number of carbonyl (C=O) groups excluding carboxylic acids is 1. The number of nitrogens with zero attached hydrogens (tertiary/aromatic N) is 1. The summed E-state index contributed by atoms with van der Waals surface area (Å²) in [7, 11) is 1.70. The van der Waals surface area contributed by atoms with Crippen molar-refractivity contribution in [2.75, 3.05) is 11.9 Å². The first-order valence-corrected chi connectivity index (χ1v) is 7.26. The minimum absolute atomic E-state index is 0.0146. The maximum Gasteiger partial charge on any atom is 0.277 e. The minimum Gasteiger partial charge on any atom is -0.338 e. The lowest BCUT2D eigenvalue weighted by molar-refractivity contribution is 0.0421. The normalized spacial score (nSPS) is 10.4. The first-order valence-electron chi connectivity index (χ1n) is 7.26. The van der Waals surface area contributed by atoms with Gasteiger partial charge in [0.25, 0.3) is 5.91 Å². The average molecular weight is 349 g/mol. The molecule has 1 aromatic carbocycles. The second-order valence-electron chi connectivity index (χ2n) is 5.24. The quantitative estimate of drug-likeness (QED) is 0.274. The Morgan fingerprint density at radius 1 is 1.36 bits per heavy atom. The highest BCUT2D eigenvalue weighted by molar-refractivity contribution is 6.35. The molecule has 130 valence electrons. The summed E-state index contributed by atoms with van der Waals surface area (Å²) < 4.78 is 41.4. The van der Waals surface area contributed by atoms with Gasteiger partial charge in [-0.1, -0.05) is 12.1 Å². The second kappa shape index (κ2) is 7.84. The molecule has 0 fully saturated rings. The summed E-state index contributed by atoms with van der Waals surface area (Å²) in [5, 5.41) is 2.55. The van der Waals surface area contributed by atoms with Gasteiger partial charge in [0, 0.05) is 6.20 Å². The van der Waals surface area contributed by atoms with E-state index in [0.29, 0.717) is 11.5 Å². The zero-order chi connectivity index (χ0) is 18.6. The number of halogens is 3. The van der Waals surface area contributed by atoms with E-state index in [2.05, 4.69) is 16.9 Å². The number of hydroxylamine groups is 1. The van der Waals surface area contributed by atoms with Crippen LogP contribution in [0.25, 0.3) is 0 Å². The Bertz CT molecular complexity index is 831. The molecule has 0 spiro atoms. The Labute approximate surface area is 143 Å². The summed E-state index contributed by atoms with van der Waals surface area (Å²) in [6.45, 7) is 5.20. The van der Waals surface area contributed by atoms with Gasteiger partial charge in [-0.3, -0.25) is 9.63 Å². The summed E-state index contributed by atoms with van der Waals surface area (Å²) in [6, 6.07) is 2.34. The van der Waals surface area contributed by atoms with Crippen molar-refractivity contribution in [3.05, 3.63) is 59.6 Å². The van der Waals surface area contributed by atoms with Crippen molar-refractivity contribution in [1.29, 1.82) is 0 Å². The SMILES string of the molecule is Bc1cc(C)cnc1Nc1c(C(=O)NOCC=C)cc(F)c(F)c1F. The van der Waals surface area contributed by atoms with Crippen LogP contribution in [0, 0.1) is 24.4 Å². The van der Waals surface area contributed by atoms with E-state index in [1.54, 1.807) is 13.9 Å². The third-order valence-corrected chi connectivity index (χ3v) is 3.23. The Morgan fingerprint density at radius 3 is 2.72 bits per heavy atom. The maximum absolute atomic E-state index is 14.2. The standard InChI is InChI=1S/C16H15BF3N3O2/c1-3-4-25-23-16(24)9-6-11(18)12(19)13(20)14(9)22-15-10(17)5-8(2)7-21-15/h3,5-7H,1,4,17H2,2H3,(H,21,22)(H,23,24). The van der Waals surface area contributed by atoms with Gasteiger partial charge < -0.3 is 5.32 Å². The number of anilines is 2. The van der Waals surface area contributed by atoms with Crippen molar-refractivity contribution in [3.8, 4) is 0 Å². The first-order chi connectivity index (χ1) is 11.8.